The highest BCUT2D eigenvalue weighted by atomic mass is 16.2. The van der Waals surface area contributed by atoms with Crippen molar-refractivity contribution < 1.29 is 9.59 Å². The minimum atomic E-state index is -0.0593. The highest BCUT2D eigenvalue weighted by Gasteiger charge is 2.21. The summed E-state index contributed by atoms with van der Waals surface area (Å²) in [6.45, 7) is 3.00. The Labute approximate surface area is 113 Å². The first kappa shape index (κ1) is 13.6. The summed E-state index contributed by atoms with van der Waals surface area (Å²) in [5, 5.41) is 3.03. The van der Waals surface area contributed by atoms with Crippen LogP contribution in [0.3, 0.4) is 0 Å². The molecule has 1 N–H and O–H groups in total. The second-order valence-corrected chi connectivity index (χ2v) is 5.00. The summed E-state index contributed by atoms with van der Waals surface area (Å²) >= 11 is 0. The molecule has 0 aromatic heterocycles. The van der Waals surface area contributed by atoms with Crippen LogP contribution in [0, 0.1) is 0 Å². The van der Waals surface area contributed by atoms with Crippen LogP contribution in [-0.4, -0.2) is 35.8 Å². The van der Waals surface area contributed by atoms with Crippen LogP contribution in [0.4, 0.5) is 0 Å². The van der Waals surface area contributed by atoms with Crippen LogP contribution in [0.25, 0.3) is 0 Å². The Balaban J connectivity index is 1.97. The van der Waals surface area contributed by atoms with Gasteiger partial charge in [0, 0.05) is 31.6 Å². The molecule has 0 aliphatic carbocycles. The Kier molecular flexibility index (Phi) is 4.55. The maximum atomic E-state index is 12.1. The average molecular weight is 260 g/mol. The Morgan fingerprint density at radius 3 is 2.63 bits per heavy atom. The zero-order valence-electron chi connectivity index (χ0n) is 11.3. The lowest BCUT2D eigenvalue weighted by molar-refractivity contribution is -0.129. The second-order valence-electron chi connectivity index (χ2n) is 5.00. The van der Waals surface area contributed by atoms with E-state index in [2.05, 4.69) is 5.32 Å². The minimum absolute atomic E-state index is 0.0547. The fourth-order valence-corrected chi connectivity index (χ4v) is 2.40. The molecule has 1 aliphatic rings. The smallest absolute Gasteiger partial charge is 0.251 e. The van der Waals surface area contributed by atoms with Gasteiger partial charge < -0.3 is 10.2 Å². The second kappa shape index (κ2) is 6.36. The van der Waals surface area contributed by atoms with Gasteiger partial charge in [-0.05, 0) is 31.4 Å². The van der Waals surface area contributed by atoms with E-state index in [4.69, 9.17) is 0 Å². The highest BCUT2D eigenvalue weighted by molar-refractivity contribution is 5.94. The first-order valence-electron chi connectivity index (χ1n) is 6.78. The van der Waals surface area contributed by atoms with E-state index in [0.717, 1.165) is 25.8 Å². The number of nitrogens with zero attached hydrogens (tertiary/aromatic N) is 1. The van der Waals surface area contributed by atoms with Crippen LogP contribution < -0.4 is 5.32 Å². The molecule has 1 saturated heterocycles. The average Bonchev–Trinajstić information content (AvgIpc) is 2.65. The number of rotatable bonds is 2. The van der Waals surface area contributed by atoms with Gasteiger partial charge in [0.2, 0.25) is 5.91 Å². The van der Waals surface area contributed by atoms with Gasteiger partial charge in [-0.2, -0.15) is 0 Å². The van der Waals surface area contributed by atoms with Gasteiger partial charge in [-0.15, -0.1) is 0 Å². The van der Waals surface area contributed by atoms with Crippen LogP contribution in [0.1, 0.15) is 36.5 Å². The molecule has 1 aromatic rings. The van der Waals surface area contributed by atoms with E-state index >= 15 is 0 Å². The first-order valence-corrected chi connectivity index (χ1v) is 6.78. The third-order valence-electron chi connectivity index (χ3n) is 3.49. The topological polar surface area (TPSA) is 49.4 Å². The molecule has 19 heavy (non-hydrogen) atoms. The van der Waals surface area contributed by atoms with Crippen LogP contribution in [0.5, 0.6) is 0 Å². The molecular weight excluding hydrogens is 240 g/mol. The summed E-state index contributed by atoms with van der Waals surface area (Å²) in [6, 6.07) is 9.25. The maximum absolute atomic E-state index is 12.1. The van der Waals surface area contributed by atoms with Crippen molar-refractivity contribution in [3.63, 3.8) is 0 Å². The molecule has 1 fully saturated rings. The lowest BCUT2D eigenvalue weighted by atomic mass is 10.1. The molecule has 1 unspecified atom stereocenters. The fraction of sp³-hybridized carbons (Fsp3) is 0.467. The van der Waals surface area contributed by atoms with E-state index in [1.165, 1.54) is 0 Å². The van der Waals surface area contributed by atoms with Gasteiger partial charge in [0.05, 0.1) is 0 Å². The minimum Gasteiger partial charge on any atom is -0.348 e. The quantitative estimate of drug-likeness (QED) is 0.881. The van der Waals surface area contributed by atoms with Gasteiger partial charge in [0.25, 0.3) is 5.91 Å². The molecular formula is C15H20N2O2. The van der Waals surface area contributed by atoms with Gasteiger partial charge in [0.1, 0.15) is 0 Å². The molecule has 1 heterocycles. The van der Waals surface area contributed by atoms with Crippen molar-refractivity contribution in [1.29, 1.82) is 0 Å². The van der Waals surface area contributed by atoms with Crippen molar-refractivity contribution in [3.8, 4) is 0 Å². The normalized spacial score (nSPS) is 19.6. The van der Waals surface area contributed by atoms with Crippen molar-refractivity contribution in [2.24, 2.45) is 0 Å². The van der Waals surface area contributed by atoms with Crippen molar-refractivity contribution in [1.82, 2.24) is 10.2 Å². The lowest BCUT2D eigenvalue weighted by Gasteiger charge is -2.24. The van der Waals surface area contributed by atoms with Gasteiger partial charge in [0.15, 0.2) is 0 Å². The Morgan fingerprint density at radius 2 is 1.95 bits per heavy atom. The zero-order valence-corrected chi connectivity index (χ0v) is 11.3. The number of hydrogen-bond donors (Lipinski definition) is 1. The maximum Gasteiger partial charge on any atom is 0.251 e. The number of carbonyl (C=O) groups is 2. The summed E-state index contributed by atoms with van der Waals surface area (Å²) in [4.78, 5) is 25.4. The number of likely N-dealkylation sites (tertiary alicyclic amines) is 1. The summed E-state index contributed by atoms with van der Waals surface area (Å²) in [7, 11) is 0. The predicted molar refractivity (Wildman–Crippen MR) is 73.8 cm³/mol. The Morgan fingerprint density at radius 1 is 1.21 bits per heavy atom. The number of benzene rings is 1. The largest absolute Gasteiger partial charge is 0.348 e. The van der Waals surface area contributed by atoms with E-state index in [9.17, 15) is 9.59 Å². The molecule has 0 bridgehead atoms. The summed E-state index contributed by atoms with van der Waals surface area (Å²) in [5.74, 6) is 0.0249. The predicted octanol–water partition coefficient (Wildman–Crippen LogP) is 1.82. The molecule has 1 aromatic carbocycles. The standard InChI is InChI=1S/C15H20N2O2/c1-12(18)17-10-6-5-9-14(11-17)16-15(19)13-7-3-2-4-8-13/h2-4,7-8,14H,5-6,9-11H2,1H3,(H,16,19). The molecule has 2 rings (SSSR count). The van der Waals surface area contributed by atoms with Gasteiger partial charge in [-0.1, -0.05) is 18.2 Å². The van der Waals surface area contributed by atoms with E-state index < -0.39 is 0 Å². The number of nitrogens with one attached hydrogen (secondary N) is 1. The monoisotopic (exact) mass is 260 g/mol. The van der Waals surface area contributed by atoms with Crippen LogP contribution in [0.15, 0.2) is 30.3 Å². The molecule has 0 radical (unpaired) electrons. The molecule has 1 aliphatic heterocycles. The van der Waals surface area contributed by atoms with E-state index in [1.54, 1.807) is 19.1 Å². The van der Waals surface area contributed by atoms with Crippen LogP contribution >= 0.6 is 0 Å². The van der Waals surface area contributed by atoms with Crippen molar-refractivity contribution in [2.75, 3.05) is 13.1 Å². The zero-order chi connectivity index (χ0) is 13.7. The van der Waals surface area contributed by atoms with Gasteiger partial charge in [-0.25, -0.2) is 0 Å². The number of hydrogen-bond acceptors (Lipinski definition) is 2. The molecule has 0 saturated carbocycles. The van der Waals surface area contributed by atoms with E-state index in [1.807, 2.05) is 23.1 Å². The van der Waals surface area contributed by atoms with Crippen LogP contribution in [-0.2, 0) is 4.79 Å². The van der Waals surface area contributed by atoms with Crippen LogP contribution in [0.2, 0.25) is 0 Å². The molecule has 2 amide bonds. The van der Waals surface area contributed by atoms with E-state index in [-0.39, 0.29) is 17.9 Å². The third-order valence-corrected chi connectivity index (χ3v) is 3.49. The van der Waals surface area contributed by atoms with Crippen molar-refractivity contribution in [3.05, 3.63) is 35.9 Å². The Hall–Kier alpha value is -1.84. The SMILES string of the molecule is CC(=O)N1CCCCC(NC(=O)c2ccccc2)C1. The van der Waals surface area contributed by atoms with Crippen molar-refractivity contribution in [2.45, 2.75) is 32.2 Å². The number of carbonyl (C=O) groups excluding carboxylic acids is 2. The highest BCUT2D eigenvalue weighted by Crippen LogP contribution is 2.11. The first-order chi connectivity index (χ1) is 9.16. The van der Waals surface area contributed by atoms with Gasteiger partial charge >= 0.3 is 0 Å². The van der Waals surface area contributed by atoms with E-state index in [0.29, 0.717) is 12.1 Å². The molecule has 0 spiro atoms. The molecule has 102 valence electrons. The third kappa shape index (κ3) is 3.81. The van der Waals surface area contributed by atoms with Crippen molar-refractivity contribution >= 4 is 11.8 Å². The number of amides is 2. The summed E-state index contributed by atoms with van der Waals surface area (Å²) in [5.41, 5.74) is 0.668. The Bertz CT molecular complexity index is 445. The molecule has 4 heteroatoms. The summed E-state index contributed by atoms with van der Waals surface area (Å²) < 4.78 is 0. The molecule has 1 atom stereocenters. The fourth-order valence-electron chi connectivity index (χ4n) is 2.40. The summed E-state index contributed by atoms with van der Waals surface area (Å²) in [6.07, 6.45) is 2.99. The van der Waals surface area contributed by atoms with Gasteiger partial charge in [-0.3, -0.25) is 9.59 Å². The molecule has 4 nitrogen and oxygen atoms in total. The lowest BCUT2D eigenvalue weighted by Crippen LogP contribution is -2.44.